The monoisotopic (exact) mass is 848 g/mol. The maximum absolute atomic E-state index is 14.6. The molecule has 0 atom stereocenters. The normalized spacial score (nSPS) is 11.9. The highest BCUT2D eigenvalue weighted by molar-refractivity contribution is 6.43. The molecule has 0 saturated heterocycles. The minimum absolute atomic E-state index is 0.665. The number of halogens is 22. The van der Waals surface area contributed by atoms with Crippen LogP contribution in [0.4, 0.5) is 108 Å². The first-order valence-electron chi connectivity index (χ1n) is 13.1. The van der Waals surface area contributed by atoms with Crippen molar-refractivity contribution >= 4 is 23.2 Å². The molecule has 302 valence electrons. The zero-order chi connectivity index (χ0) is 42.8. The predicted molar refractivity (Wildman–Crippen MR) is 133 cm³/mol. The number of carbonyl (C=O) groups excluding carboxylic acids is 2. The molecule has 0 aromatic heterocycles. The van der Waals surface area contributed by atoms with Crippen molar-refractivity contribution in [3.63, 3.8) is 0 Å². The van der Waals surface area contributed by atoms with Crippen LogP contribution in [-0.2, 0) is 21.9 Å². The number of rotatable bonds is 6. The van der Waals surface area contributed by atoms with Crippen LogP contribution in [0.15, 0.2) is 0 Å². The van der Waals surface area contributed by atoms with E-state index in [9.17, 15) is 106 Å². The average Bonchev–Trinajstić information content (AvgIpc) is 3.10. The molecule has 0 bridgehead atoms. The van der Waals surface area contributed by atoms with Crippen molar-refractivity contribution in [1.29, 1.82) is 0 Å². The summed E-state index contributed by atoms with van der Waals surface area (Å²) in [5.74, 6) is -66.4. The maximum atomic E-state index is 14.6. The van der Waals surface area contributed by atoms with Crippen molar-refractivity contribution in [2.24, 2.45) is 0 Å². The van der Waals surface area contributed by atoms with E-state index in [1.165, 1.54) is 0 Å². The van der Waals surface area contributed by atoms with Gasteiger partial charge in [-0.2, -0.15) is 61.5 Å². The standard InChI is InChI=1S/C28H2F22N2O4/c29-3-1(27(45,46)47)4(30)12(38)21(11(3)37)55-23-15(41)7(33)19(8(34)16(23)42)51-25(53)26(54)52-20-9(35)17(43)24(18(44)10(20)36)56-22-13(39)5(31)2(28(48,49)50)6(32)14(22)40/h(H,51,53)(H,52,54). The molecule has 0 spiro atoms. The van der Waals surface area contributed by atoms with Gasteiger partial charge in [0.1, 0.15) is 22.5 Å². The number of amides is 2. The quantitative estimate of drug-likeness (QED) is 0.115. The lowest BCUT2D eigenvalue weighted by Gasteiger charge is -2.17. The fourth-order valence-corrected chi connectivity index (χ4v) is 4.07. The third kappa shape index (κ3) is 7.08. The molecule has 4 aromatic rings. The summed E-state index contributed by atoms with van der Waals surface area (Å²) in [6.07, 6.45) is -12.3. The summed E-state index contributed by atoms with van der Waals surface area (Å²) in [6, 6.07) is 0. The highest BCUT2D eigenvalue weighted by atomic mass is 19.4. The van der Waals surface area contributed by atoms with Gasteiger partial charge in [-0.1, -0.05) is 0 Å². The van der Waals surface area contributed by atoms with Crippen molar-refractivity contribution in [2.75, 3.05) is 10.6 Å². The number of hydrogen-bond donors (Lipinski definition) is 2. The first-order chi connectivity index (χ1) is 25.6. The first-order valence-corrected chi connectivity index (χ1v) is 13.1. The lowest BCUT2D eigenvalue weighted by Crippen LogP contribution is -2.31. The molecular formula is C28H2F22N2O4. The highest BCUT2D eigenvalue weighted by Gasteiger charge is 2.45. The second-order valence-electron chi connectivity index (χ2n) is 9.95. The van der Waals surface area contributed by atoms with Gasteiger partial charge in [-0.05, 0) is 0 Å². The predicted octanol–water partition coefficient (Wildman–Crippen LogP) is 10.1. The number of benzene rings is 4. The van der Waals surface area contributed by atoms with Crippen LogP contribution >= 0.6 is 0 Å². The topological polar surface area (TPSA) is 76.7 Å². The molecule has 0 aliphatic rings. The molecule has 6 nitrogen and oxygen atoms in total. The Morgan fingerprint density at radius 2 is 0.500 bits per heavy atom. The van der Waals surface area contributed by atoms with Gasteiger partial charge < -0.3 is 20.1 Å². The van der Waals surface area contributed by atoms with Gasteiger partial charge in [0.25, 0.3) is 0 Å². The van der Waals surface area contributed by atoms with E-state index in [1.54, 1.807) is 0 Å². The Morgan fingerprint density at radius 1 is 0.321 bits per heavy atom. The average molecular weight is 848 g/mol. The number of anilines is 2. The zero-order valence-corrected chi connectivity index (χ0v) is 24.9. The molecular weight excluding hydrogens is 846 g/mol. The van der Waals surface area contributed by atoms with Crippen LogP contribution < -0.4 is 20.1 Å². The third-order valence-corrected chi connectivity index (χ3v) is 6.55. The second kappa shape index (κ2) is 14.5. The van der Waals surface area contributed by atoms with Crippen molar-refractivity contribution in [3.8, 4) is 23.0 Å². The van der Waals surface area contributed by atoms with Crippen molar-refractivity contribution in [1.82, 2.24) is 0 Å². The van der Waals surface area contributed by atoms with Crippen LogP contribution in [-0.4, -0.2) is 11.8 Å². The number of hydrogen-bond acceptors (Lipinski definition) is 4. The van der Waals surface area contributed by atoms with E-state index in [0.29, 0.717) is 10.6 Å². The third-order valence-electron chi connectivity index (χ3n) is 6.55. The van der Waals surface area contributed by atoms with Crippen molar-refractivity contribution in [2.45, 2.75) is 12.4 Å². The molecule has 0 aliphatic heterocycles. The number of alkyl halides is 6. The van der Waals surface area contributed by atoms with Gasteiger partial charge in [0.05, 0.1) is 0 Å². The van der Waals surface area contributed by atoms with E-state index in [1.807, 2.05) is 0 Å². The highest BCUT2D eigenvalue weighted by Crippen LogP contribution is 2.45. The van der Waals surface area contributed by atoms with Gasteiger partial charge in [-0.25, -0.2) is 35.1 Å². The lowest BCUT2D eigenvalue weighted by atomic mass is 10.1. The van der Waals surface area contributed by atoms with Crippen LogP contribution in [0, 0.1) is 93.1 Å². The molecule has 4 rings (SSSR count). The SMILES string of the molecule is O=C(Nc1c(F)c(F)c(Oc2c(F)c(F)c(C(F)(F)F)c(F)c2F)c(F)c1F)C(=O)Nc1c(F)c(F)c(Oc2c(F)c(F)c(C(F)(F)F)c(F)c2F)c(F)c1F. The fraction of sp³-hybridized carbons (Fsp3) is 0.0714. The molecule has 2 amide bonds. The van der Waals surface area contributed by atoms with E-state index < -0.39 is 163 Å². The first kappa shape index (κ1) is 42.6. The molecule has 0 fully saturated rings. The van der Waals surface area contributed by atoms with Gasteiger partial charge in [-0.3, -0.25) is 9.59 Å². The summed E-state index contributed by atoms with van der Waals surface area (Å²) in [7, 11) is 0. The minimum atomic E-state index is -6.14. The Bertz CT molecular complexity index is 2080. The summed E-state index contributed by atoms with van der Waals surface area (Å²) >= 11 is 0. The van der Waals surface area contributed by atoms with Crippen LogP contribution in [0.5, 0.6) is 23.0 Å². The largest absolute Gasteiger partial charge is 0.444 e. The Balaban J connectivity index is 1.66. The molecule has 0 radical (unpaired) electrons. The summed E-state index contributed by atoms with van der Waals surface area (Å²) < 4.78 is 312. The smallest absolute Gasteiger partial charge is 0.422 e. The molecule has 0 saturated carbocycles. The molecule has 28 heteroatoms. The van der Waals surface area contributed by atoms with E-state index in [-0.39, 0.29) is 0 Å². The summed E-state index contributed by atoms with van der Waals surface area (Å²) in [4.78, 5) is 24.3. The molecule has 0 aliphatic carbocycles. The Hall–Kier alpha value is -6.12. The van der Waals surface area contributed by atoms with Crippen molar-refractivity contribution in [3.05, 3.63) is 104 Å². The molecule has 56 heavy (non-hydrogen) atoms. The molecule has 2 N–H and O–H groups in total. The van der Waals surface area contributed by atoms with Gasteiger partial charge in [0.2, 0.25) is 69.5 Å². The Labute approximate surface area is 289 Å². The molecule has 4 aromatic carbocycles. The lowest BCUT2D eigenvalue weighted by molar-refractivity contribution is -0.144. The number of nitrogens with one attached hydrogen (secondary N) is 2. The zero-order valence-electron chi connectivity index (χ0n) is 24.9. The minimum Gasteiger partial charge on any atom is -0.444 e. The van der Waals surface area contributed by atoms with Crippen molar-refractivity contribution < 1.29 is 116 Å². The van der Waals surface area contributed by atoms with E-state index in [0.717, 1.165) is 0 Å². The van der Waals surface area contributed by atoms with Gasteiger partial charge in [0.15, 0.2) is 46.5 Å². The maximum Gasteiger partial charge on any atom is 0.422 e. The van der Waals surface area contributed by atoms with E-state index in [2.05, 4.69) is 9.47 Å². The summed E-state index contributed by atoms with van der Waals surface area (Å²) in [5, 5.41) is 1.33. The van der Waals surface area contributed by atoms with E-state index in [4.69, 9.17) is 0 Å². The van der Waals surface area contributed by atoms with Crippen LogP contribution in [0.3, 0.4) is 0 Å². The van der Waals surface area contributed by atoms with Gasteiger partial charge in [0, 0.05) is 0 Å². The number of ether oxygens (including phenoxy) is 2. The summed E-state index contributed by atoms with van der Waals surface area (Å²) in [5.41, 5.74) is -11.4. The van der Waals surface area contributed by atoms with Crippen LogP contribution in [0.25, 0.3) is 0 Å². The van der Waals surface area contributed by atoms with Crippen LogP contribution in [0.1, 0.15) is 11.1 Å². The van der Waals surface area contributed by atoms with Gasteiger partial charge in [-0.15, -0.1) is 0 Å². The number of carbonyl (C=O) groups is 2. The Kier molecular flexibility index (Phi) is 11.0. The fourth-order valence-electron chi connectivity index (χ4n) is 4.07. The second-order valence-corrected chi connectivity index (χ2v) is 9.95. The van der Waals surface area contributed by atoms with E-state index >= 15 is 0 Å². The molecule has 0 unspecified atom stereocenters. The molecule has 0 heterocycles. The summed E-state index contributed by atoms with van der Waals surface area (Å²) in [6.45, 7) is 0. The van der Waals surface area contributed by atoms with Crippen LogP contribution in [0.2, 0.25) is 0 Å². The van der Waals surface area contributed by atoms with Gasteiger partial charge >= 0.3 is 24.2 Å². The Morgan fingerprint density at radius 3 is 0.679 bits per heavy atom.